The summed E-state index contributed by atoms with van der Waals surface area (Å²) < 4.78 is 7.36. The number of carbonyl (C=O) groups excluding carboxylic acids is 1. The Kier molecular flexibility index (Phi) is 5.22. The first-order chi connectivity index (χ1) is 12.3. The highest BCUT2D eigenvalue weighted by Gasteiger charge is 2.27. The van der Waals surface area contributed by atoms with Crippen LogP contribution in [0.25, 0.3) is 11.2 Å². The van der Waals surface area contributed by atoms with Crippen LogP contribution in [0.1, 0.15) is 40.5 Å². The van der Waals surface area contributed by atoms with E-state index < -0.39 is 5.60 Å². The number of hydrogen-bond acceptors (Lipinski definition) is 6. The number of amides is 1. The van der Waals surface area contributed by atoms with Gasteiger partial charge in [-0.15, -0.1) is 0 Å². The molecule has 0 saturated carbocycles. The van der Waals surface area contributed by atoms with E-state index in [0.29, 0.717) is 24.4 Å². The van der Waals surface area contributed by atoms with Gasteiger partial charge in [0, 0.05) is 25.7 Å². The van der Waals surface area contributed by atoms with E-state index in [9.17, 15) is 4.79 Å². The number of hydrogen-bond donors (Lipinski definition) is 1. The molecule has 0 spiro atoms. The van der Waals surface area contributed by atoms with E-state index in [0.717, 1.165) is 25.0 Å². The number of likely N-dealkylation sites (tertiary alicyclic amines) is 1. The SMILES string of the molecule is CCn1cnc2c(NC3CCN(C(=O)OC(C)(C)C)CC3)nc(Cl)nc21. The summed E-state index contributed by atoms with van der Waals surface area (Å²) in [5.74, 6) is 0.642. The lowest BCUT2D eigenvalue weighted by molar-refractivity contribution is 0.0210. The van der Waals surface area contributed by atoms with Gasteiger partial charge in [-0.3, -0.25) is 0 Å². The van der Waals surface area contributed by atoms with Gasteiger partial charge in [0.1, 0.15) is 5.60 Å². The van der Waals surface area contributed by atoms with Crippen LogP contribution < -0.4 is 5.32 Å². The van der Waals surface area contributed by atoms with Gasteiger partial charge >= 0.3 is 6.09 Å². The fourth-order valence-corrected chi connectivity index (χ4v) is 3.14. The molecule has 1 N–H and O–H groups in total. The number of ether oxygens (including phenoxy) is 1. The maximum atomic E-state index is 12.2. The highest BCUT2D eigenvalue weighted by molar-refractivity contribution is 6.28. The van der Waals surface area contributed by atoms with Gasteiger partial charge in [-0.1, -0.05) is 0 Å². The molecule has 0 bridgehead atoms. The minimum Gasteiger partial charge on any atom is -0.444 e. The Morgan fingerprint density at radius 3 is 2.65 bits per heavy atom. The van der Waals surface area contributed by atoms with Crippen molar-refractivity contribution in [3.05, 3.63) is 11.6 Å². The summed E-state index contributed by atoms with van der Waals surface area (Å²) >= 11 is 6.08. The van der Waals surface area contributed by atoms with Crippen LogP contribution >= 0.6 is 11.6 Å². The van der Waals surface area contributed by atoms with Gasteiger partial charge in [0.2, 0.25) is 5.28 Å². The summed E-state index contributed by atoms with van der Waals surface area (Å²) in [4.78, 5) is 26.9. The minimum absolute atomic E-state index is 0.189. The van der Waals surface area contributed by atoms with Gasteiger partial charge in [-0.2, -0.15) is 9.97 Å². The molecule has 2 aromatic rings. The van der Waals surface area contributed by atoms with E-state index in [4.69, 9.17) is 16.3 Å². The van der Waals surface area contributed by atoms with Crippen LogP contribution in [0.4, 0.5) is 10.6 Å². The number of rotatable bonds is 3. The molecule has 2 aromatic heterocycles. The van der Waals surface area contributed by atoms with Crippen LogP contribution in [0.5, 0.6) is 0 Å². The zero-order valence-corrected chi connectivity index (χ0v) is 16.4. The highest BCUT2D eigenvalue weighted by atomic mass is 35.5. The van der Waals surface area contributed by atoms with Gasteiger partial charge in [0.25, 0.3) is 0 Å². The van der Waals surface area contributed by atoms with Gasteiger partial charge < -0.3 is 19.5 Å². The molecule has 26 heavy (non-hydrogen) atoms. The second kappa shape index (κ2) is 7.26. The number of aromatic nitrogens is 4. The van der Waals surface area contributed by atoms with Crippen molar-refractivity contribution >= 4 is 34.7 Å². The number of fused-ring (bicyclic) bond motifs is 1. The molecule has 1 fully saturated rings. The van der Waals surface area contributed by atoms with Crippen molar-refractivity contribution in [2.75, 3.05) is 18.4 Å². The molecule has 0 aromatic carbocycles. The second-order valence-electron chi connectivity index (χ2n) is 7.43. The number of carbonyl (C=O) groups is 1. The number of halogens is 1. The van der Waals surface area contributed by atoms with Crippen LogP contribution in [0.15, 0.2) is 6.33 Å². The maximum Gasteiger partial charge on any atom is 0.410 e. The summed E-state index contributed by atoms with van der Waals surface area (Å²) in [6.45, 7) is 9.68. The van der Waals surface area contributed by atoms with Gasteiger partial charge in [0.15, 0.2) is 17.0 Å². The van der Waals surface area contributed by atoms with Gasteiger partial charge in [-0.25, -0.2) is 9.78 Å². The number of piperidine rings is 1. The number of anilines is 1. The molecule has 0 radical (unpaired) electrons. The van der Waals surface area contributed by atoms with Gasteiger partial charge in [-0.05, 0) is 52.1 Å². The van der Waals surface area contributed by atoms with E-state index >= 15 is 0 Å². The van der Waals surface area contributed by atoms with Crippen molar-refractivity contribution < 1.29 is 9.53 Å². The lowest BCUT2D eigenvalue weighted by Crippen LogP contribution is -2.44. The van der Waals surface area contributed by atoms with E-state index in [1.54, 1.807) is 11.2 Å². The van der Waals surface area contributed by atoms with Crippen molar-refractivity contribution in [1.29, 1.82) is 0 Å². The lowest BCUT2D eigenvalue weighted by atomic mass is 10.1. The molecule has 8 nitrogen and oxygen atoms in total. The summed E-state index contributed by atoms with van der Waals surface area (Å²) in [5, 5.41) is 3.62. The Hall–Kier alpha value is -2.09. The van der Waals surface area contributed by atoms with Crippen molar-refractivity contribution in [1.82, 2.24) is 24.4 Å². The van der Waals surface area contributed by atoms with Crippen LogP contribution in [0.2, 0.25) is 5.28 Å². The fourth-order valence-electron chi connectivity index (χ4n) is 2.98. The van der Waals surface area contributed by atoms with E-state index in [2.05, 4.69) is 20.3 Å². The second-order valence-corrected chi connectivity index (χ2v) is 7.77. The third-order valence-electron chi connectivity index (χ3n) is 4.26. The molecule has 3 rings (SSSR count). The predicted molar refractivity (Wildman–Crippen MR) is 100 cm³/mol. The van der Waals surface area contributed by atoms with Crippen molar-refractivity contribution in [2.24, 2.45) is 0 Å². The Morgan fingerprint density at radius 1 is 1.35 bits per heavy atom. The molecule has 142 valence electrons. The highest BCUT2D eigenvalue weighted by Crippen LogP contribution is 2.24. The standard InChI is InChI=1S/C17H25ClN6O2/c1-5-23-10-19-12-13(21-15(18)22-14(12)23)20-11-6-8-24(9-7-11)16(25)26-17(2,3)4/h10-11H,5-9H2,1-4H3,(H,20,21,22). The molecule has 1 amide bonds. The molecule has 0 atom stereocenters. The first kappa shape index (κ1) is 18.7. The number of nitrogens with one attached hydrogen (secondary N) is 1. The number of imidazole rings is 1. The first-order valence-corrected chi connectivity index (χ1v) is 9.27. The summed E-state index contributed by atoms with van der Waals surface area (Å²) in [6.07, 6.45) is 3.09. The third kappa shape index (κ3) is 4.17. The number of aryl methyl sites for hydroxylation is 1. The fraction of sp³-hybridized carbons (Fsp3) is 0.647. The number of nitrogens with zero attached hydrogens (tertiary/aromatic N) is 5. The Labute approximate surface area is 157 Å². The van der Waals surface area contributed by atoms with Crippen LogP contribution in [0.3, 0.4) is 0 Å². The molecule has 3 heterocycles. The molecular weight excluding hydrogens is 356 g/mol. The molecule has 1 aliphatic heterocycles. The minimum atomic E-state index is -0.479. The summed E-state index contributed by atoms with van der Waals surface area (Å²) in [6, 6.07) is 0.189. The topological polar surface area (TPSA) is 85.2 Å². The van der Waals surface area contributed by atoms with Crippen molar-refractivity contribution in [3.63, 3.8) is 0 Å². The van der Waals surface area contributed by atoms with E-state index in [-0.39, 0.29) is 17.4 Å². The molecular formula is C17H25ClN6O2. The third-order valence-corrected chi connectivity index (χ3v) is 4.43. The molecule has 1 aliphatic rings. The average Bonchev–Trinajstić information content (AvgIpc) is 2.97. The summed E-state index contributed by atoms with van der Waals surface area (Å²) in [7, 11) is 0. The van der Waals surface area contributed by atoms with E-state index in [1.165, 1.54) is 0 Å². The molecule has 0 unspecified atom stereocenters. The smallest absolute Gasteiger partial charge is 0.410 e. The lowest BCUT2D eigenvalue weighted by Gasteiger charge is -2.33. The monoisotopic (exact) mass is 380 g/mol. The Bertz CT molecular complexity index is 792. The van der Waals surface area contributed by atoms with Gasteiger partial charge in [0.05, 0.1) is 6.33 Å². The average molecular weight is 381 g/mol. The summed E-state index contributed by atoms with van der Waals surface area (Å²) in [5.41, 5.74) is 0.958. The molecule has 0 aliphatic carbocycles. The van der Waals surface area contributed by atoms with Crippen LogP contribution in [-0.4, -0.2) is 55.2 Å². The zero-order valence-electron chi connectivity index (χ0n) is 15.6. The Balaban J connectivity index is 1.66. The zero-order chi connectivity index (χ0) is 18.9. The van der Waals surface area contributed by atoms with E-state index in [1.807, 2.05) is 32.3 Å². The predicted octanol–water partition coefficient (Wildman–Crippen LogP) is 3.31. The van der Waals surface area contributed by atoms with Crippen molar-refractivity contribution in [3.8, 4) is 0 Å². The van der Waals surface area contributed by atoms with Crippen molar-refractivity contribution in [2.45, 2.75) is 58.7 Å². The quantitative estimate of drug-likeness (QED) is 0.822. The largest absolute Gasteiger partial charge is 0.444 e. The van der Waals surface area contributed by atoms with Crippen LogP contribution in [-0.2, 0) is 11.3 Å². The first-order valence-electron chi connectivity index (χ1n) is 8.89. The molecule has 1 saturated heterocycles. The Morgan fingerprint density at radius 2 is 2.04 bits per heavy atom. The van der Waals surface area contributed by atoms with Crippen LogP contribution in [0, 0.1) is 0 Å². The molecule has 9 heteroatoms. The normalized spacial score (nSPS) is 16.1. The maximum absolute atomic E-state index is 12.2.